The van der Waals surface area contributed by atoms with Crippen molar-refractivity contribution < 1.29 is 0 Å². The van der Waals surface area contributed by atoms with E-state index in [0.717, 1.165) is 15.3 Å². The summed E-state index contributed by atoms with van der Waals surface area (Å²) in [4.78, 5) is 24.2. The number of aromatic nitrogens is 2. The first-order valence-electron chi connectivity index (χ1n) is 6.37. The van der Waals surface area contributed by atoms with Crippen molar-refractivity contribution in [3.05, 3.63) is 63.3 Å². The van der Waals surface area contributed by atoms with Crippen molar-refractivity contribution in [3.8, 4) is 5.69 Å². The van der Waals surface area contributed by atoms with Crippen LogP contribution in [0.2, 0.25) is 0 Å². The second-order valence-corrected chi connectivity index (χ2v) is 4.78. The van der Waals surface area contributed by atoms with Gasteiger partial charge in [-0.05, 0) is 11.5 Å². The zero-order chi connectivity index (χ0) is 15.1. The fourth-order valence-electron chi connectivity index (χ4n) is 2.39. The molecule has 0 aliphatic rings. The average molecular weight is 282 g/mol. The minimum atomic E-state index is -0.589. The molecular weight excluding hydrogens is 268 g/mol. The maximum absolute atomic E-state index is 12.4. The van der Waals surface area contributed by atoms with Crippen LogP contribution >= 0.6 is 0 Å². The van der Waals surface area contributed by atoms with Gasteiger partial charge in [0.2, 0.25) is 0 Å². The van der Waals surface area contributed by atoms with E-state index in [4.69, 9.17) is 11.5 Å². The minimum Gasteiger partial charge on any atom is -0.391 e. The molecule has 3 rings (SSSR count). The van der Waals surface area contributed by atoms with Gasteiger partial charge >= 0.3 is 5.69 Å². The van der Waals surface area contributed by atoms with Gasteiger partial charge in [-0.15, -0.1) is 0 Å². The zero-order valence-corrected chi connectivity index (χ0v) is 11.4. The van der Waals surface area contributed by atoms with Gasteiger partial charge in [0.15, 0.2) is 0 Å². The molecule has 0 fully saturated rings. The third-order valence-corrected chi connectivity index (χ3v) is 3.54. The fraction of sp³-hybridized carbons (Fsp3) is 0.0667. The standard InChI is InChI=1S/C15H14N4O2/c1-18-14(20)12(16)13(17)19(15(18)21)11-8-4-6-9-5-2-3-7-10(9)11/h2-8H,16-17H2,1H3. The van der Waals surface area contributed by atoms with Crippen molar-refractivity contribution in [1.29, 1.82) is 0 Å². The largest absolute Gasteiger partial charge is 0.391 e. The van der Waals surface area contributed by atoms with E-state index in [9.17, 15) is 9.59 Å². The van der Waals surface area contributed by atoms with Crippen LogP contribution in [-0.2, 0) is 7.05 Å². The van der Waals surface area contributed by atoms with Crippen LogP contribution in [0.15, 0.2) is 52.1 Å². The Morgan fingerprint density at radius 1 is 0.952 bits per heavy atom. The first-order valence-corrected chi connectivity index (χ1v) is 6.37. The number of hydrogen-bond donors (Lipinski definition) is 2. The van der Waals surface area contributed by atoms with Crippen LogP contribution in [0.4, 0.5) is 11.5 Å². The van der Waals surface area contributed by atoms with Gasteiger partial charge < -0.3 is 11.5 Å². The van der Waals surface area contributed by atoms with Gasteiger partial charge in [0.1, 0.15) is 11.5 Å². The molecule has 0 saturated carbocycles. The third kappa shape index (κ3) is 1.80. The molecule has 1 aromatic heterocycles. The van der Waals surface area contributed by atoms with Crippen molar-refractivity contribution in [1.82, 2.24) is 9.13 Å². The van der Waals surface area contributed by atoms with Crippen LogP contribution in [0.1, 0.15) is 0 Å². The molecule has 3 aromatic rings. The molecule has 0 atom stereocenters. The van der Waals surface area contributed by atoms with Gasteiger partial charge in [0.25, 0.3) is 5.56 Å². The molecule has 0 aliphatic carbocycles. The van der Waals surface area contributed by atoms with E-state index >= 15 is 0 Å². The predicted octanol–water partition coefficient (Wildman–Crippen LogP) is 0.854. The average Bonchev–Trinajstić information content (AvgIpc) is 2.51. The Balaban J connectivity index is 2.51. The van der Waals surface area contributed by atoms with E-state index < -0.39 is 11.2 Å². The maximum Gasteiger partial charge on any atom is 0.337 e. The van der Waals surface area contributed by atoms with Crippen molar-refractivity contribution in [2.75, 3.05) is 11.5 Å². The van der Waals surface area contributed by atoms with Crippen molar-refractivity contribution in [2.45, 2.75) is 0 Å². The Morgan fingerprint density at radius 3 is 2.38 bits per heavy atom. The predicted molar refractivity (Wildman–Crippen MR) is 83.6 cm³/mol. The molecule has 106 valence electrons. The number of anilines is 2. The smallest absolute Gasteiger partial charge is 0.337 e. The maximum atomic E-state index is 12.4. The molecule has 0 bridgehead atoms. The summed E-state index contributed by atoms with van der Waals surface area (Å²) in [5, 5.41) is 1.82. The van der Waals surface area contributed by atoms with Crippen molar-refractivity contribution in [3.63, 3.8) is 0 Å². The summed E-state index contributed by atoms with van der Waals surface area (Å²) in [6.07, 6.45) is 0. The Kier molecular flexibility index (Phi) is 2.79. The molecule has 0 radical (unpaired) electrons. The highest BCUT2D eigenvalue weighted by atomic mass is 16.2. The van der Waals surface area contributed by atoms with E-state index in [0.29, 0.717) is 5.69 Å². The topological polar surface area (TPSA) is 96.0 Å². The summed E-state index contributed by atoms with van der Waals surface area (Å²) < 4.78 is 2.21. The lowest BCUT2D eigenvalue weighted by atomic mass is 10.1. The lowest BCUT2D eigenvalue weighted by molar-refractivity contribution is 0.740. The molecule has 0 amide bonds. The Bertz CT molecular complexity index is 964. The lowest BCUT2D eigenvalue weighted by Crippen LogP contribution is -2.40. The van der Waals surface area contributed by atoms with Crippen LogP contribution < -0.4 is 22.7 Å². The Morgan fingerprint density at radius 2 is 1.62 bits per heavy atom. The second-order valence-electron chi connectivity index (χ2n) is 4.78. The van der Waals surface area contributed by atoms with Gasteiger partial charge in [0, 0.05) is 12.4 Å². The molecule has 0 aliphatic heterocycles. The SMILES string of the molecule is Cn1c(=O)c(N)c(N)n(-c2cccc3ccccc23)c1=O. The molecule has 0 saturated heterocycles. The zero-order valence-electron chi connectivity index (χ0n) is 11.4. The third-order valence-electron chi connectivity index (χ3n) is 3.54. The van der Waals surface area contributed by atoms with Crippen LogP contribution in [0, 0.1) is 0 Å². The summed E-state index contributed by atoms with van der Waals surface area (Å²) >= 11 is 0. The summed E-state index contributed by atoms with van der Waals surface area (Å²) in [5.74, 6) is -0.0422. The van der Waals surface area contributed by atoms with Gasteiger partial charge in [0.05, 0.1) is 5.69 Å². The van der Waals surface area contributed by atoms with Gasteiger partial charge in [-0.25, -0.2) is 9.36 Å². The summed E-state index contributed by atoms with van der Waals surface area (Å²) in [6, 6.07) is 13.1. The number of nitrogens with zero attached hydrogens (tertiary/aromatic N) is 2. The van der Waals surface area contributed by atoms with Gasteiger partial charge in [-0.2, -0.15) is 0 Å². The van der Waals surface area contributed by atoms with Gasteiger partial charge in [-0.1, -0.05) is 36.4 Å². The van der Waals surface area contributed by atoms with E-state index in [-0.39, 0.29) is 11.5 Å². The van der Waals surface area contributed by atoms with Gasteiger partial charge in [-0.3, -0.25) is 9.36 Å². The van der Waals surface area contributed by atoms with Crippen LogP contribution in [0.25, 0.3) is 16.5 Å². The first-order chi connectivity index (χ1) is 10.0. The number of fused-ring (bicyclic) bond motifs is 1. The second kappa shape index (κ2) is 4.52. The van der Waals surface area contributed by atoms with Crippen molar-refractivity contribution in [2.24, 2.45) is 7.05 Å². The molecule has 6 heteroatoms. The number of rotatable bonds is 1. The quantitative estimate of drug-likeness (QED) is 0.691. The van der Waals surface area contributed by atoms with Crippen LogP contribution in [-0.4, -0.2) is 9.13 Å². The van der Waals surface area contributed by atoms with E-state index in [1.54, 1.807) is 6.07 Å². The van der Waals surface area contributed by atoms with E-state index in [1.807, 2.05) is 36.4 Å². The molecule has 2 aromatic carbocycles. The highest BCUT2D eigenvalue weighted by molar-refractivity contribution is 5.90. The fourth-order valence-corrected chi connectivity index (χ4v) is 2.39. The molecule has 4 N–H and O–H groups in total. The monoisotopic (exact) mass is 282 g/mol. The Labute approximate surface area is 119 Å². The molecule has 21 heavy (non-hydrogen) atoms. The highest BCUT2D eigenvalue weighted by Crippen LogP contribution is 2.23. The highest BCUT2D eigenvalue weighted by Gasteiger charge is 2.15. The molecule has 0 unspecified atom stereocenters. The molecule has 0 spiro atoms. The summed E-state index contributed by atoms with van der Waals surface area (Å²) in [5.41, 5.74) is 11.0. The summed E-state index contributed by atoms with van der Waals surface area (Å²) in [7, 11) is 1.38. The number of nitrogen functional groups attached to an aromatic ring is 2. The number of nitrogens with two attached hydrogens (primary N) is 2. The van der Waals surface area contributed by atoms with E-state index in [1.165, 1.54) is 11.6 Å². The van der Waals surface area contributed by atoms with E-state index in [2.05, 4.69) is 0 Å². The molecular formula is C15H14N4O2. The lowest BCUT2D eigenvalue weighted by Gasteiger charge is -2.14. The van der Waals surface area contributed by atoms with Crippen molar-refractivity contribution >= 4 is 22.3 Å². The summed E-state index contributed by atoms with van der Waals surface area (Å²) in [6.45, 7) is 0. The minimum absolute atomic E-state index is 0.0422. The number of benzene rings is 2. The molecule has 1 heterocycles. The van der Waals surface area contributed by atoms with Crippen LogP contribution in [0.3, 0.4) is 0 Å². The Hall–Kier alpha value is -3.02. The molecule has 6 nitrogen and oxygen atoms in total. The normalized spacial score (nSPS) is 10.9. The van der Waals surface area contributed by atoms with Crippen LogP contribution in [0.5, 0.6) is 0 Å². The number of hydrogen-bond acceptors (Lipinski definition) is 4. The first kappa shape index (κ1) is 13.0.